The predicted octanol–water partition coefficient (Wildman–Crippen LogP) is 2.71. The van der Waals surface area contributed by atoms with E-state index in [0.717, 1.165) is 11.1 Å². The maximum atomic E-state index is 11.9. The first-order chi connectivity index (χ1) is 13.7. The Kier molecular flexibility index (Phi) is 6.73. The van der Waals surface area contributed by atoms with Crippen LogP contribution in [-0.2, 0) is 17.9 Å². The van der Waals surface area contributed by atoms with Gasteiger partial charge in [-0.15, -0.1) is 0 Å². The van der Waals surface area contributed by atoms with Crippen LogP contribution in [0.1, 0.15) is 11.1 Å². The number of rotatable bonds is 8. The van der Waals surface area contributed by atoms with Gasteiger partial charge in [-0.1, -0.05) is 36.4 Å². The third-order valence-corrected chi connectivity index (χ3v) is 3.93. The van der Waals surface area contributed by atoms with E-state index in [9.17, 15) is 4.79 Å². The van der Waals surface area contributed by atoms with E-state index in [1.54, 1.807) is 17.9 Å². The summed E-state index contributed by atoms with van der Waals surface area (Å²) >= 11 is 0. The molecule has 142 valence electrons. The molecular weight excluding hydrogens is 354 g/mol. The molecule has 1 N–H and O–H groups in total. The lowest BCUT2D eigenvalue weighted by Gasteiger charge is -2.11. The number of carbonyl (C=O) groups excluding carboxylic acids is 1. The minimum Gasteiger partial charge on any atom is -0.493 e. The summed E-state index contributed by atoms with van der Waals surface area (Å²) in [6.45, 7) is 0.634. The fraction of sp³-hybridized carbons (Fsp3) is 0.136. The van der Waals surface area contributed by atoms with Crippen LogP contribution in [-0.4, -0.2) is 19.2 Å². The molecule has 0 fully saturated rings. The molecule has 1 amide bonds. The number of ether oxygens (including phenoxy) is 2. The Labute approximate surface area is 164 Å². The van der Waals surface area contributed by atoms with Crippen molar-refractivity contribution < 1.29 is 18.8 Å². The average Bonchev–Trinajstić information content (AvgIpc) is 2.74. The van der Waals surface area contributed by atoms with E-state index in [4.69, 9.17) is 9.47 Å². The number of hydrazone groups is 1. The highest BCUT2D eigenvalue weighted by molar-refractivity contribution is 5.83. The first-order valence-electron chi connectivity index (χ1n) is 8.85. The second-order valence-corrected chi connectivity index (χ2v) is 6.03. The van der Waals surface area contributed by atoms with Gasteiger partial charge in [0.2, 0.25) is 6.54 Å². The monoisotopic (exact) mass is 376 g/mol. The van der Waals surface area contributed by atoms with Crippen molar-refractivity contribution in [3.05, 3.63) is 90.3 Å². The minimum absolute atomic E-state index is 0.201. The molecule has 2 aromatic carbocycles. The molecule has 3 aromatic rings. The summed E-state index contributed by atoms with van der Waals surface area (Å²) in [5, 5.41) is 4.02. The van der Waals surface area contributed by atoms with E-state index in [0.29, 0.717) is 18.1 Å². The molecule has 3 rings (SSSR count). The molecule has 6 nitrogen and oxygen atoms in total. The first kappa shape index (κ1) is 19.1. The number of nitrogens with one attached hydrogen (secondary N) is 1. The van der Waals surface area contributed by atoms with E-state index in [1.807, 2.05) is 79.1 Å². The zero-order chi connectivity index (χ0) is 19.6. The van der Waals surface area contributed by atoms with Crippen molar-refractivity contribution in [3.63, 3.8) is 0 Å². The molecule has 0 aliphatic rings. The maximum Gasteiger partial charge on any atom is 0.305 e. The van der Waals surface area contributed by atoms with Gasteiger partial charge in [0.15, 0.2) is 23.9 Å². The molecule has 6 heteroatoms. The summed E-state index contributed by atoms with van der Waals surface area (Å²) in [6.07, 6.45) is 5.22. The molecule has 0 bridgehead atoms. The van der Waals surface area contributed by atoms with Gasteiger partial charge >= 0.3 is 5.91 Å². The van der Waals surface area contributed by atoms with Crippen molar-refractivity contribution in [2.45, 2.75) is 13.2 Å². The topological polar surface area (TPSA) is 63.8 Å². The van der Waals surface area contributed by atoms with Crippen LogP contribution < -0.4 is 19.5 Å². The quantitative estimate of drug-likeness (QED) is 0.374. The average molecular weight is 376 g/mol. The second kappa shape index (κ2) is 9.87. The van der Waals surface area contributed by atoms with Gasteiger partial charge in [-0.2, -0.15) is 9.67 Å². The van der Waals surface area contributed by atoms with Gasteiger partial charge in [0.05, 0.1) is 13.3 Å². The summed E-state index contributed by atoms with van der Waals surface area (Å²) in [5.74, 6) is 1.04. The zero-order valence-electron chi connectivity index (χ0n) is 15.6. The van der Waals surface area contributed by atoms with Crippen LogP contribution in [0.4, 0.5) is 0 Å². The van der Waals surface area contributed by atoms with Crippen LogP contribution in [0, 0.1) is 0 Å². The van der Waals surface area contributed by atoms with Crippen molar-refractivity contribution in [2.75, 3.05) is 7.11 Å². The summed E-state index contributed by atoms with van der Waals surface area (Å²) in [6, 6.07) is 21.0. The van der Waals surface area contributed by atoms with Crippen molar-refractivity contribution in [1.82, 2.24) is 5.43 Å². The van der Waals surface area contributed by atoms with Crippen LogP contribution in [0.2, 0.25) is 0 Å². The highest BCUT2D eigenvalue weighted by atomic mass is 16.5. The first-order valence-corrected chi connectivity index (χ1v) is 8.85. The van der Waals surface area contributed by atoms with E-state index in [1.165, 1.54) is 0 Å². The maximum absolute atomic E-state index is 11.9. The molecule has 28 heavy (non-hydrogen) atoms. The third kappa shape index (κ3) is 5.67. The molecule has 0 spiro atoms. The number of pyridine rings is 1. The van der Waals surface area contributed by atoms with E-state index in [2.05, 4.69) is 10.5 Å². The smallest absolute Gasteiger partial charge is 0.305 e. The Morgan fingerprint density at radius 3 is 2.54 bits per heavy atom. The number of aromatic nitrogens is 1. The van der Waals surface area contributed by atoms with Gasteiger partial charge in [0.25, 0.3) is 0 Å². The molecule has 0 aliphatic heterocycles. The van der Waals surface area contributed by atoms with Crippen molar-refractivity contribution in [1.29, 1.82) is 0 Å². The number of nitrogens with zero attached hydrogens (tertiary/aromatic N) is 2. The van der Waals surface area contributed by atoms with Gasteiger partial charge in [0.1, 0.15) is 6.61 Å². The van der Waals surface area contributed by atoms with Gasteiger partial charge in [0, 0.05) is 12.1 Å². The lowest BCUT2D eigenvalue weighted by atomic mass is 10.2. The van der Waals surface area contributed by atoms with Crippen LogP contribution in [0.5, 0.6) is 11.5 Å². The highest BCUT2D eigenvalue weighted by Crippen LogP contribution is 2.28. The molecule has 1 aromatic heterocycles. The van der Waals surface area contributed by atoms with Crippen LogP contribution in [0.15, 0.2) is 84.2 Å². The van der Waals surface area contributed by atoms with Gasteiger partial charge in [-0.25, -0.2) is 5.43 Å². The molecule has 0 aliphatic carbocycles. The fourth-order valence-electron chi connectivity index (χ4n) is 2.54. The lowest BCUT2D eigenvalue weighted by Crippen LogP contribution is -2.40. The van der Waals surface area contributed by atoms with Crippen LogP contribution in [0.25, 0.3) is 0 Å². The fourth-order valence-corrected chi connectivity index (χ4v) is 2.54. The predicted molar refractivity (Wildman–Crippen MR) is 106 cm³/mol. The highest BCUT2D eigenvalue weighted by Gasteiger charge is 2.08. The van der Waals surface area contributed by atoms with Gasteiger partial charge < -0.3 is 9.47 Å². The number of carbonyl (C=O) groups is 1. The number of benzene rings is 2. The van der Waals surface area contributed by atoms with E-state index < -0.39 is 0 Å². The minimum atomic E-state index is -0.207. The van der Waals surface area contributed by atoms with E-state index in [-0.39, 0.29) is 12.5 Å². The van der Waals surface area contributed by atoms with Gasteiger partial charge in [-0.05, 0) is 29.3 Å². The number of hydrogen-bond acceptors (Lipinski definition) is 4. The molecular formula is C22H22N3O3+. The Bertz CT molecular complexity index is 928. The van der Waals surface area contributed by atoms with Crippen molar-refractivity contribution >= 4 is 12.1 Å². The van der Waals surface area contributed by atoms with Crippen molar-refractivity contribution in [3.8, 4) is 11.5 Å². The largest absolute Gasteiger partial charge is 0.493 e. The Hall–Kier alpha value is -3.67. The standard InChI is InChI=1S/C22H21N3O3/c1-27-20-11-10-19(14-21(20)28-17-18-8-4-2-5-9-18)15-23-24-22(26)16-25-12-6-3-7-13-25/h2-15H,16-17H2,1H3/p+1/b23-15+. The molecule has 0 radical (unpaired) electrons. The lowest BCUT2D eigenvalue weighted by molar-refractivity contribution is -0.684. The normalized spacial score (nSPS) is 10.6. The zero-order valence-corrected chi connectivity index (χ0v) is 15.6. The molecule has 0 unspecified atom stereocenters. The molecule has 0 saturated heterocycles. The number of methoxy groups -OCH3 is 1. The molecule has 1 heterocycles. The Balaban J connectivity index is 1.60. The van der Waals surface area contributed by atoms with Crippen molar-refractivity contribution in [2.24, 2.45) is 5.10 Å². The Morgan fingerprint density at radius 2 is 1.79 bits per heavy atom. The SMILES string of the molecule is COc1ccc(/C=N/NC(=O)C[n+]2ccccc2)cc1OCc1ccccc1. The molecule has 0 saturated carbocycles. The Morgan fingerprint density at radius 1 is 1.04 bits per heavy atom. The molecule has 0 atom stereocenters. The van der Waals surface area contributed by atoms with Gasteiger partial charge in [-0.3, -0.25) is 4.79 Å². The summed E-state index contributed by atoms with van der Waals surface area (Å²) in [4.78, 5) is 11.9. The number of amides is 1. The second-order valence-electron chi connectivity index (χ2n) is 6.03. The van der Waals surface area contributed by atoms with Crippen LogP contribution in [0.3, 0.4) is 0 Å². The summed E-state index contributed by atoms with van der Waals surface area (Å²) < 4.78 is 13.0. The van der Waals surface area contributed by atoms with Crippen LogP contribution >= 0.6 is 0 Å². The summed E-state index contributed by atoms with van der Waals surface area (Å²) in [5.41, 5.74) is 4.38. The third-order valence-electron chi connectivity index (χ3n) is 3.93. The number of hydrogen-bond donors (Lipinski definition) is 1. The summed E-state index contributed by atoms with van der Waals surface area (Å²) in [7, 11) is 1.60. The van der Waals surface area contributed by atoms with E-state index >= 15 is 0 Å².